The van der Waals surface area contributed by atoms with Crippen LogP contribution in [0.2, 0.25) is 0 Å². The fourth-order valence-corrected chi connectivity index (χ4v) is 3.35. The summed E-state index contributed by atoms with van der Waals surface area (Å²) in [5, 5.41) is 14.6. The Morgan fingerprint density at radius 3 is 2.89 bits per heavy atom. The van der Waals surface area contributed by atoms with Gasteiger partial charge in [0, 0.05) is 17.3 Å². The number of thiophene rings is 1. The first-order valence-electron chi connectivity index (χ1n) is 6.39. The molecule has 100 valence electrons. The molecule has 1 aliphatic rings. The Hall–Kier alpha value is -1.59. The van der Waals surface area contributed by atoms with Crippen LogP contribution in [0.15, 0.2) is 36.0 Å². The van der Waals surface area contributed by atoms with Crippen molar-refractivity contribution in [3.8, 4) is 0 Å². The molecule has 1 saturated carbocycles. The number of nitrogens with one attached hydrogen (secondary N) is 2. The molecule has 3 rings (SSSR count). The Kier molecular flexibility index (Phi) is 3.40. The second-order valence-electron chi connectivity index (χ2n) is 4.95. The van der Waals surface area contributed by atoms with Crippen molar-refractivity contribution in [3.63, 3.8) is 0 Å². The van der Waals surface area contributed by atoms with Gasteiger partial charge >= 0.3 is 0 Å². The van der Waals surface area contributed by atoms with E-state index in [1.54, 1.807) is 29.8 Å². The zero-order valence-electron chi connectivity index (χ0n) is 10.4. The molecule has 0 spiro atoms. The first kappa shape index (κ1) is 12.4. The molecule has 1 aliphatic carbocycles. The van der Waals surface area contributed by atoms with Crippen LogP contribution in [0.4, 0.5) is 0 Å². The summed E-state index contributed by atoms with van der Waals surface area (Å²) in [7, 11) is 0. The number of carbonyl (C=O) groups excluding carboxylic acids is 1. The largest absolute Gasteiger partial charge is 0.393 e. The average molecular weight is 276 g/mol. The normalized spacial score (nSPS) is 23.6. The number of aliphatic hydroxyl groups excluding tert-OH is 1. The van der Waals surface area contributed by atoms with Crippen LogP contribution in [0, 0.1) is 5.92 Å². The lowest BCUT2D eigenvalue weighted by molar-refractivity contribution is 0.0241. The highest BCUT2D eigenvalue weighted by atomic mass is 32.1. The first-order valence-corrected chi connectivity index (χ1v) is 7.27. The van der Waals surface area contributed by atoms with Gasteiger partial charge in [0.2, 0.25) is 0 Å². The maximum atomic E-state index is 12.1. The van der Waals surface area contributed by atoms with Crippen molar-refractivity contribution in [3.05, 3.63) is 46.4 Å². The fourth-order valence-electron chi connectivity index (χ4n) is 2.48. The monoisotopic (exact) mass is 276 g/mol. The van der Waals surface area contributed by atoms with Crippen molar-refractivity contribution in [2.75, 3.05) is 0 Å². The van der Waals surface area contributed by atoms with E-state index in [0.717, 1.165) is 17.7 Å². The Morgan fingerprint density at radius 2 is 2.32 bits per heavy atom. The summed E-state index contributed by atoms with van der Waals surface area (Å²) in [6, 6.07) is 5.80. The molecule has 0 saturated heterocycles. The van der Waals surface area contributed by atoms with Gasteiger partial charge in [0.15, 0.2) is 0 Å². The molecule has 2 aromatic heterocycles. The third-order valence-electron chi connectivity index (χ3n) is 3.62. The number of H-pyrrole nitrogens is 1. The van der Waals surface area contributed by atoms with E-state index in [1.807, 2.05) is 17.5 Å². The van der Waals surface area contributed by atoms with Crippen LogP contribution in [0.25, 0.3) is 0 Å². The lowest BCUT2D eigenvalue weighted by Gasteiger charge is -2.37. The minimum absolute atomic E-state index is 0.00537. The van der Waals surface area contributed by atoms with E-state index in [1.165, 1.54) is 0 Å². The van der Waals surface area contributed by atoms with E-state index in [9.17, 15) is 9.90 Å². The molecule has 1 fully saturated rings. The van der Waals surface area contributed by atoms with Crippen LogP contribution in [0.5, 0.6) is 0 Å². The van der Waals surface area contributed by atoms with Gasteiger partial charge in [0.25, 0.3) is 5.91 Å². The van der Waals surface area contributed by atoms with Crippen molar-refractivity contribution in [1.29, 1.82) is 0 Å². The highest BCUT2D eigenvalue weighted by Gasteiger charge is 2.36. The van der Waals surface area contributed by atoms with E-state index in [-0.39, 0.29) is 18.1 Å². The van der Waals surface area contributed by atoms with Gasteiger partial charge in [-0.1, -0.05) is 6.07 Å². The molecule has 0 bridgehead atoms. The van der Waals surface area contributed by atoms with Gasteiger partial charge in [0.1, 0.15) is 0 Å². The molecular weight excluding hydrogens is 260 g/mol. The number of aliphatic hydroxyl groups is 1. The average Bonchev–Trinajstić information content (AvgIpc) is 3.03. The summed E-state index contributed by atoms with van der Waals surface area (Å²) in [6.07, 6.45) is 4.74. The van der Waals surface area contributed by atoms with Crippen LogP contribution >= 0.6 is 11.3 Å². The van der Waals surface area contributed by atoms with Gasteiger partial charge in [-0.05, 0) is 36.3 Å². The van der Waals surface area contributed by atoms with Crippen LogP contribution < -0.4 is 5.32 Å². The van der Waals surface area contributed by atoms with Crippen molar-refractivity contribution < 1.29 is 9.90 Å². The minimum atomic E-state index is -0.211. The molecule has 1 atom stereocenters. The van der Waals surface area contributed by atoms with Crippen molar-refractivity contribution in [2.45, 2.75) is 25.0 Å². The molecular formula is C14H16N2O2S. The Labute approximate surface area is 115 Å². The van der Waals surface area contributed by atoms with Crippen molar-refractivity contribution in [1.82, 2.24) is 10.3 Å². The first-order chi connectivity index (χ1) is 9.24. The third-order valence-corrected chi connectivity index (χ3v) is 4.57. The number of rotatable bonds is 4. The maximum Gasteiger partial charge on any atom is 0.253 e. The number of amides is 1. The summed E-state index contributed by atoms with van der Waals surface area (Å²) < 4.78 is 0. The SMILES string of the molecule is O=C(N[C@H](c1cccs1)C1CC(O)C1)c1cc[nH]c1. The topological polar surface area (TPSA) is 65.1 Å². The van der Waals surface area contributed by atoms with Gasteiger partial charge in [-0.25, -0.2) is 0 Å². The third kappa shape index (κ3) is 2.57. The van der Waals surface area contributed by atoms with E-state index in [4.69, 9.17) is 0 Å². The molecule has 3 N–H and O–H groups in total. The summed E-state index contributed by atoms with van der Waals surface area (Å²) in [4.78, 5) is 16.2. The second-order valence-corrected chi connectivity index (χ2v) is 5.93. The molecule has 0 radical (unpaired) electrons. The van der Waals surface area contributed by atoms with Crippen molar-refractivity contribution >= 4 is 17.2 Å². The van der Waals surface area contributed by atoms with E-state index in [0.29, 0.717) is 11.5 Å². The molecule has 2 heterocycles. The molecule has 1 amide bonds. The quantitative estimate of drug-likeness (QED) is 0.802. The highest BCUT2D eigenvalue weighted by molar-refractivity contribution is 7.10. The van der Waals surface area contributed by atoms with Crippen LogP contribution in [0.1, 0.15) is 34.1 Å². The van der Waals surface area contributed by atoms with Crippen LogP contribution in [-0.2, 0) is 0 Å². The van der Waals surface area contributed by atoms with Crippen LogP contribution in [0.3, 0.4) is 0 Å². The smallest absolute Gasteiger partial charge is 0.253 e. The minimum Gasteiger partial charge on any atom is -0.393 e. The highest BCUT2D eigenvalue weighted by Crippen LogP contribution is 2.39. The molecule has 5 heteroatoms. The summed E-state index contributed by atoms with van der Waals surface area (Å²) in [6.45, 7) is 0. The molecule has 4 nitrogen and oxygen atoms in total. The number of aromatic amines is 1. The number of aromatic nitrogens is 1. The van der Waals surface area contributed by atoms with Crippen molar-refractivity contribution in [2.24, 2.45) is 5.92 Å². The molecule has 2 aromatic rings. The lowest BCUT2D eigenvalue weighted by atomic mass is 9.76. The van der Waals surface area contributed by atoms with Gasteiger partial charge in [-0.2, -0.15) is 0 Å². The number of hydrogen-bond acceptors (Lipinski definition) is 3. The van der Waals surface area contributed by atoms with Gasteiger partial charge in [-0.3, -0.25) is 4.79 Å². The van der Waals surface area contributed by atoms with E-state index < -0.39 is 0 Å². The summed E-state index contributed by atoms with van der Waals surface area (Å²) >= 11 is 1.64. The Morgan fingerprint density at radius 1 is 1.47 bits per heavy atom. The summed E-state index contributed by atoms with van der Waals surface area (Å²) in [5.74, 6) is 0.262. The predicted molar refractivity (Wildman–Crippen MR) is 74.0 cm³/mol. The predicted octanol–water partition coefficient (Wildman–Crippen LogP) is 2.32. The summed E-state index contributed by atoms with van der Waals surface area (Å²) in [5.41, 5.74) is 0.640. The van der Waals surface area contributed by atoms with E-state index >= 15 is 0 Å². The van der Waals surface area contributed by atoms with Gasteiger partial charge in [0.05, 0.1) is 17.7 Å². The molecule has 0 aliphatic heterocycles. The fraction of sp³-hybridized carbons (Fsp3) is 0.357. The van der Waals surface area contributed by atoms with E-state index in [2.05, 4.69) is 10.3 Å². The molecule has 0 aromatic carbocycles. The zero-order valence-corrected chi connectivity index (χ0v) is 11.2. The molecule has 0 unspecified atom stereocenters. The Bertz CT molecular complexity index is 530. The number of carbonyl (C=O) groups is 1. The zero-order chi connectivity index (χ0) is 13.2. The lowest BCUT2D eigenvalue weighted by Crippen LogP contribution is -2.41. The maximum absolute atomic E-state index is 12.1. The van der Waals surface area contributed by atoms with Gasteiger partial charge < -0.3 is 15.4 Å². The van der Waals surface area contributed by atoms with Crippen LogP contribution in [-0.4, -0.2) is 22.1 Å². The Balaban J connectivity index is 1.74. The van der Waals surface area contributed by atoms with Gasteiger partial charge in [-0.15, -0.1) is 11.3 Å². The number of hydrogen-bond donors (Lipinski definition) is 3. The second kappa shape index (κ2) is 5.19. The molecule has 19 heavy (non-hydrogen) atoms. The standard InChI is InChI=1S/C14H16N2O2S/c17-11-6-10(7-11)13(12-2-1-5-19-12)16-14(18)9-3-4-15-8-9/h1-5,8,10-11,13,15,17H,6-7H2,(H,16,18)/t10?,11?,13-/m0/s1.